The molecule has 0 saturated heterocycles. The lowest BCUT2D eigenvalue weighted by Crippen LogP contribution is -2.20. The highest BCUT2D eigenvalue weighted by atomic mass is 19.4. The number of halogens is 3. The molecule has 100 valence electrons. The first-order valence-electron chi connectivity index (χ1n) is 6.05. The van der Waals surface area contributed by atoms with Gasteiger partial charge in [-0.25, -0.2) is 0 Å². The number of nitrogens with two attached hydrogens (primary N) is 1. The number of phenols is 1. The summed E-state index contributed by atoms with van der Waals surface area (Å²) in [4.78, 5) is 0. The largest absolute Gasteiger partial charge is 0.508 e. The van der Waals surface area contributed by atoms with E-state index in [1.807, 2.05) is 0 Å². The highest BCUT2D eigenvalue weighted by Crippen LogP contribution is 2.39. The van der Waals surface area contributed by atoms with Gasteiger partial charge in [0.05, 0.1) is 5.56 Å². The molecular formula is C13H16F3NO. The quantitative estimate of drug-likeness (QED) is 0.852. The molecule has 3 N–H and O–H groups in total. The predicted molar refractivity (Wildman–Crippen MR) is 62.0 cm³/mol. The Bertz CT molecular complexity index is 425. The van der Waals surface area contributed by atoms with Gasteiger partial charge in [-0.2, -0.15) is 13.2 Å². The van der Waals surface area contributed by atoms with Gasteiger partial charge in [0, 0.05) is 11.6 Å². The second kappa shape index (κ2) is 4.80. The third-order valence-corrected chi connectivity index (χ3v) is 3.62. The number of rotatable bonds is 2. The highest BCUT2D eigenvalue weighted by molar-refractivity contribution is 5.39. The van der Waals surface area contributed by atoms with E-state index in [0.29, 0.717) is 0 Å². The van der Waals surface area contributed by atoms with Crippen molar-refractivity contribution in [3.63, 3.8) is 0 Å². The minimum Gasteiger partial charge on any atom is -0.508 e. The Morgan fingerprint density at radius 3 is 2.39 bits per heavy atom. The first-order chi connectivity index (χ1) is 8.39. The molecule has 1 aromatic rings. The van der Waals surface area contributed by atoms with E-state index in [2.05, 4.69) is 0 Å². The number of phenolic OH excluding ortho intramolecular Hbond substituents is 1. The number of aromatic hydroxyl groups is 1. The molecule has 0 spiro atoms. The van der Waals surface area contributed by atoms with Crippen LogP contribution in [0.2, 0.25) is 0 Å². The van der Waals surface area contributed by atoms with Gasteiger partial charge < -0.3 is 10.8 Å². The van der Waals surface area contributed by atoms with Gasteiger partial charge in [0.15, 0.2) is 0 Å². The van der Waals surface area contributed by atoms with Crippen LogP contribution < -0.4 is 5.73 Å². The molecule has 1 aliphatic carbocycles. The monoisotopic (exact) mass is 259 g/mol. The van der Waals surface area contributed by atoms with Gasteiger partial charge in [0.25, 0.3) is 0 Å². The summed E-state index contributed by atoms with van der Waals surface area (Å²) in [6.45, 7) is 0. The summed E-state index contributed by atoms with van der Waals surface area (Å²) in [7, 11) is 0. The molecule has 5 heteroatoms. The summed E-state index contributed by atoms with van der Waals surface area (Å²) in [5.74, 6) is 0.0155. The van der Waals surface area contributed by atoms with Crippen molar-refractivity contribution in [2.75, 3.05) is 0 Å². The van der Waals surface area contributed by atoms with Gasteiger partial charge >= 0.3 is 6.18 Å². The van der Waals surface area contributed by atoms with Crippen LogP contribution in [0.1, 0.15) is 42.9 Å². The summed E-state index contributed by atoms with van der Waals surface area (Å²) >= 11 is 0. The van der Waals surface area contributed by atoms with Gasteiger partial charge in [-0.3, -0.25) is 0 Å². The topological polar surface area (TPSA) is 46.2 Å². The van der Waals surface area contributed by atoms with Crippen molar-refractivity contribution >= 4 is 0 Å². The molecule has 1 aliphatic rings. The number of hydrogen-bond donors (Lipinski definition) is 2. The van der Waals surface area contributed by atoms with E-state index in [4.69, 9.17) is 5.73 Å². The van der Waals surface area contributed by atoms with Crippen LogP contribution in [0, 0.1) is 5.92 Å². The Morgan fingerprint density at radius 2 is 1.83 bits per heavy atom. The fourth-order valence-electron chi connectivity index (χ4n) is 2.57. The van der Waals surface area contributed by atoms with Crippen LogP contribution in [-0.2, 0) is 6.18 Å². The first kappa shape index (κ1) is 13.2. The zero-order chi connectivity index (χ0) is 13.3. The molecular weight excluding hydrogens is 243 g/mol. The molecule has 1 atom stereocenters. The second-order valence-corrected chi connectivity index (χ2v) is 4.84. The van der Waals surface area contributed by atoms with Crippen molar-refractivity contribution in [2.24, 2.45) is 11.7 Å². The number of benzene rings is 1. The lowest BCUT2D eigenvalue weighted by atomic mass is 9.91. The predicted octanol–water partition coefficient (Wildman–Crippen LogP) is 3.60. The first-order valence-corrected chi connectivity index (χ1v) is 6.05. The number of hydrogen-bond acceptors (Lipinski definition) is 2. The Balaban J connectivity index is 2.31. The van der Waals surface area contributed by atoms with Crippen molar-refractivity contribution in [2.45, 2.75) is 37.9 Å². The lowest BCUT2D eigenvalue weighted by molar-refractivity contribution is -0.137. The fourth-order valence-corrected chi connectivity index (χ4v) is 2.57. The van der Waals surface area contributed by atoms with Crippen molar-refractivity contribution in [1.82, 2.24) is 0 Å². The summed E-state index contributed by atoms with van der Waals surface area (Å²) < 4.78 is 37.9. The summed E-state index contributed by atoms with van der Waals surface area (Å²) in [6.07, 6.45) is -0.471. The van der Waals surface area contributed by atoms with Gasteiger partial charge in [-0.05, 0) is 37.0 Å². The molecule has 0 amide bonds. The molecule has 0 radical (unpaired) electrons. The smallest absolute Gasteiger partial charge is 0.416 e. The molecule has 0 heterocycles. The van der Waals surface area contributed by atoms with Crippen molar-refractivity contribution in [3.8, 4) is 5.75 Å². The standard InChI is InChI=1S/C13H16F3NO/c14-13(15,16)9-5-6-11(18)10(7-9)12(17)8-3-1-2-4-8/h5-8,12,18H,1-4,17H2/t12-/m1/s1. The van der Waals surface area contributed by atoms with Gasteiger partial charge in [0.2, 0.25) is 0 Å². The minimum atomic E-state index is -4.40. The van der Waals surface area contributed by atoms with E-state index in [0.717, 1.165) is 43.9 Å². The van der Waals surface area contributed by atoms with E-state index in [-0.39, 0.29) is 17.2 Å². The zero-order valence-electron chi connectivity index (χ0n) is 9.87. The average molecular weight is 259 g/mol. The van der Waals surface area contributed by atoms with Crippen molar-refractivity contribution in [3.05, 3.63) is 29.3 Å². The van der Waals surface area contributed by atoms with Crippen LogP contribution in [-0.4, -0.2) is 5.11 Å². The van der Waals surface area contributed by atoms with Gasteiger partial charge in [-0.15, -0.1) is 0 Å². The normalized spacial score (nSPS) is 19.1. The van der Waals surface area contributed by atoms with Crippen LogP contribution in [0.3, 0.4) is 0 Å². The molecule has 1 aromatic carbocycles. The minimum absolute atomic E-state index is 0.151. The summed E-state index contributed by atoms with van der Waals surface area (Å²) in [5, 5.41) is 9.68. The van der Waals surface area contributed by atoms with Crippen LogP contribution >= 0.6 is 0 Å². The Morgan fingerprint density at radius 1 is 1.22 bits per heavy atom. The molecule has 0 unspecified atom stereocenters. The molecule has 1 saturated carbocycles. The maximum atomic E-state index is 12.6. The second-order valence-electron chi connectivity index (χ2n) is 4.84. The SMILES string of the molecule is N[C@@H](c1cc(C(F)(F)F)ccc1O)C1CCCC1. The molecule has 1 fully saturated rings. The molecule has 0 bridgehead atoms. The molecule has 2 nitrogen and oxygen atoms in total. The maximum Gasteiger partial charge on any atom is 0.416 e. The van der Waals surface area contributed by atoms with E-state index in [1.54, 1.807) is 0 Å². The van der Waals surface area contributed by atoms with Crippen LogP contribution in [0.25, 0.3) is 0 Å². The van der Waals surface area contributed by atoms with E-state index >= 15 is 0 Å². The van der Waals surface area contributed by atoms with Crippen molar-refractivity contribution < 1.29 is 18.3 Å². The maximum absolute atomic E-state index is 12.6. The van der Waals surface area contributed by atoms with E-state index in [1.165, 1.54) is 0 Å². The molecule has 0 aliphatic heterocycles. The zero-order valence-corrected chi connectivity index (χ0v) is 9.87. The average Bonchev–Trinajstić information content (AvgIpc) is 2.80. The molecule has 2 rings (SSSR count). The Hall–Kier alpha value is -1.23. The Kier molecular flexibility index (Phi) is 3.52. The van der Waals surface area contributed by atoms with Crippen LogP contribution in [0.5, 0.6) is 5.75 Å². The van der Waals surface area contributed by atoms with Crippen LogP contribution in [0.4, 0.5) is 13.2 Å². The lowest BCUT2D eigenvalue weighted by Gasteiger charge is -2.21. The van der Waals surface area contributed by atoms with E-state index in [9.17, 15) is 18.3 Å². The molecule has 18 heavy (non-hydrogen) atoms. The third kappa shape index (κ3) is 2.61. The van der Waals surface area contributed by atoms with Crippen molar-refractivity contribution in [1.29, 1.82) is 0 Å². The summed E-state index contributed by atoms with van der Waals surface area (Å²) in [6, 6.07) is 2.40. The summed E-state index contributed by atoms with van der Waals surface area (Å²) in [5.41, 5.74) is 5.43. The van der Waals surface area contributed by atoms with Gasteiger partial charge in [0.1, 0.15) is 5.75 Å². The highest BCUT2D eigenvalue weighted by Gasteiger charge is 2.33. The van der Waals surface area contributed by atoms with Gasteiger partial charge in [-0.1, -0.05) is 12.8 Å². The fraction of sp³-hybridized carbons (Fsp3) is 0.538. The van der Waals surface area contributed by atoms with Crippen LogP contribution in [0.15, 0.2) is 18.2 Å². The van der Waals surface area contributed by atoms with E-state index < -0.39 is 17.8 Å². The third-order valence-electron chi connectivity index (χ3n) is 3.62. The Labute approximate surface area is 104 Å². The number of alkyl halides is 3. The molecule has 0 aromatic heterocycles.